The molecule has 0 aliphatic heterocycles. The van der Waals surface area contributed by atoms with E-state index >= 15 is 0 Å². The molecule has 0 spiro atoms. The van der Waals surface area contributed by atoms with Gasteiger partial charge in [-0.3, -0.25) is 9.48 Å². The molecule has 0 radical (unpaired) electrons. The van der Waals surface area contributed by atoms with Crippen LogP contribution in [-0.2, 0) is 11.3 Å². The minimum absolute atomic E-state index is 0.279. The number of fused-ring (bicyclic) bond motifs is 1. The fourth-order valence-corrected chi connectivity index (χ4v) is 1.77. The molecule has 0 fully saturated rings. The molecule has 1 aromatic carbocycles. The Hall–Kier alpha value is -1.88. The van der Waals surface area contributed by atoms with Gasteiger partial charge in [-0.05, 0) is 39.8 Å². The van der Waals surface area contributed by atoms with Crippen molar-refractivity contribution in [3.05, 3.63) is 24.4 Å². The molecular weight excluding hydrogens is 256 g/mol. The second-order valence-corrected chi connectivity index (χ2v) is 6.04. The zero-order valence-corrected chi connectivity index (χ0v) is 12.3. The summed E-state index contributed by atoms with van der Waals surface area (Å²) >= 11 is 0. The maximum absolute atomic E-state index is 11.9. The number of rotatable bonds is 3. The third kappa shape index (κ3) is 3.17. The lowest BCUT2D eigenvalue weighted by molar-refractivity contribution is -0.142. The van der Waals surface area contributed by atoms with Crippen LogP contribution in [0.1, 0.15) is 27.7 Å². The Balaban J connectivity index is 2.30. The third-order valence-electron chi connectivity index (χ3n) is 2.88. The van der Waals surface area contributed by atoms with Crippen molar-refractivity contribution in [3.8, 4) is 5.75 Å². The molecule has 1 atom stereocenters. The number of esters is 1. The van der Waals surface area contributed by atoms with E-state index in [4.69, 9.17) is 4.74 Å². The Morgan fingerprint density at radius 2 is 2.15 bits per heavy atom. The molecule has 0 bridgehead atoms. The molecule has 0 aliphatic rings. The van der Waals surface area contributed by atoms with Crippen LogP contribution in [0.25, 0.3) is 10.9 Å². The van der Waals surface area contributed by atoms with Crippen molar-refractivity contribution >= 4 is 16.9 Å². The predicted molar refractivity (Wildman–Crippen MR) is 76.5 cm³/mol. The number of aliphatic hydroxyl groups excluding tert-OH is 1. The molecule has 108 valence electrons. The van der Waals surface area contributed by atoms with E-state index in [1.54, 1.807) is 29.9 Å². The first-order chi connectivity index (χ1) is 9.27. The van der Waals surface area contributed by atoms with Crippen LogP contribution in [0.2, 0.25) is 0 Å². The normalized spacial score (nSPS) is 13.4. The van der Waals surface area contributed by atoms with Crippen molar-refractivity contribution in [3.63, 3.8) is 0 Å². The van der Waals surface area contributed by atoms with E-state index in [2.05, 4.69) is 5.10 Å². The smallest absolute Gasteiger partial charge is 0.316 e. The van der Waals surface area contributed by atoms with Crippen LogP contribution >= 0.6 is 0 Å². The molecule has 1 N–H and O–H groups in total. The van der Waals surface area contributed by atoms with Crippen LogP contribution in [0.4, 0.5) is 0 Å². The van der Waals surface area contributed by atoms with Crippen LogP contribution in [0.3, 0.4) is 0 Å². The maximum atomic E-state index is 11.9. The summed E-state index contributed by atoms with van der Waals surface area (Å²) in [4.78, 5) is 11.9. The lowest BCUT2D eigenvalue weighted by atomic mass is 9.97. The van der Waals surface area contributed by atoms with Gasteiger partial charge in [-0.25, -0.2) is 0 Å². The molecule has 2 aromatic rings. The maximum Gasteiger partial charge on any atom is 0.316 e. The first-order valence-electron chi connectivity index (χ1n) is 6.63. The molecule has 0 saturated heterocycles. The second-order valence-electron chi connectivity index (χ2n) is 6.04. The van der Waals surface area contributed by atoms with Crippen molar-refractivity contribution in [1.82, 2.24) is 9.78 Å². The van der Waals surface area contributed by atoms with Gasteiger partial charge < -0.3 is 9.84 Å². The zero-order valence-electron chi connectivity index (χ0n) is 12.3. The highest BCUT2D eigenvalue weighted by molar-refractivity contribution is 5.82. The summed E-state index contributed by atoms with van der Waals surface area (Å²) in [6.07, 6.45) is 1.24. The number of aliphatic hydroxyl groups is 1. The lowest BCUT2D eigenvalue weighted by Gasteiger charge is -2.16. The summed E-state index contributed by atoms with van der Waals surface area (Å²) in [5, 5.41) is 14.6. The number of hydrogen-bond donors (Lipinski definition) is 1. The van der Waals surface area contributed by atoms with Crippen molar-refractivity contribution in [2.24, 2.45) is 5.41 Å². The fourth-order valence-electron chi connectivity index (χ4n) is 1.77. The minimum atomic E-state index is -0.547. The summed E-state index contributed by atoms with van der Waals surface area (Å²) in [6, 6.07) is 5.38. The summed E-state index contributed by atoms with van der Waals surface area (Å²) in [7, 11) is 0. The molecule has 20 heavy (non-hydrogen) atoms. The lowest BCUT2D eigenvalue weighted by Crippen LogP contribution is -2.25. The molecular formula is C15H20N2O3. The van der Waals surface area contributed by atoms with Crippen LogP contribution in [0.5, 0.6) is 5.75 Å². The molecule has 1 unspecified atom stereocenters. The van der Waals surface area contributed by atoms with E-state index in [9.17, 15) is 9.90 Å². The monoisotopic (exact) mass is 276 g/mol. The molecule has 0 saturated carbocycles. The van der Waals surface area contributed by atoms with Gasteiger partial charge in [0.25, 0.3) is 0 Å². The van der Waals surface area contributed by atoms with Crippen LogP contribution in [0, 0.1) is 5.41 Å². The summed E-state index contributed by atoms with van der Waals surface area (Å²) in [5.41, 5.74) is 0.291. The van der Waals surface area contributed by atoms with Crippen molar-refractivity contribution < 1.29 is 14.6 Å². The average molecular weight is 276 g/mol. The molecule has 0 aliphatic carbocycles. The highest BCUT2D eigenvalue weighted by atomic mass is 16.5. The van der Waals surface area contributed by atoms with E-state index in [1.807, 2.05) is 26.8 Å². The Kier molecular flexibility index (Phi) is 3.81. The number of nitrogens with zero attached hydrogens (tertiary/aromatic N) is 2. The van der Waals surface area contributed by atoms with Gasteiger partial charge in [-0.2, -0.15) is 5.10 Å². The molecule has 1 aromatic heterocycles. The third-order valence-corrected chi connectivity index (χ3v) is 2.88. The number of carbonyl (C=O) groups is 1. The van der Waals surface area contributed by atoms with E-state index in [0.29, 0.717) is 12.3 Å². The van der Waals surface area contributed by atoms with Gasteiger partial charge >= 0.3 is 5.97 Å². The van der Waals surface area contributed by atoms with Crippen LogP contribution < -0.4 is 4.74 Å². The van der Waals surface area contributed by atoms with Gasteiger partial charge in [0.1, 0.15) is 5.75 Å². The van der Waals surface area contributed by atoms with Crippen LogP contribution in [-0.4, -0.2) is 27.0 Å². The van der Waals surface area contributed by atoms with E-state index < -0.39 is 11.5 Å². The van der Waals surface area contributed by atoms with Gasteiger partial charge in [0, 0.05) is 11.5 Å². The van der Waals surface area contributed by atoms with Gasteiger partial charge in [-0.15, -0.1) is 0 Å². The molecule has 1 heterocycles. The predicted octanol–water partition coefficient (Wildman–Crippen LogP) is 2.37. The standard InChI is InChI=1S/C15H20N2O3/c1-10(18)9-17-13-7-12(6-5-11(13)8-16-17)20-14(19)15(2,3)4/h5-8,10,18H,9H2,1-4H3. The average Bonchev–Trinajstić information content (AvgIpc) is 2.70. The molecule has 5 heteroatoms. The van der Waals surface area contributed by atoms with E-state index in [0.717, 1.165) is 10.9 Å². The topological polar surface area (TPSA) is 64.3 Å². The molecule has 2 rings (SSSR count). The SMILES string of the molecule is CC(O)Cn1ncc2ccc(OC(=O)C(C)(C)C)cc21. The number of benzene rings is 1. The highest BCUT2D eigenvalue weighted by Gasteiger charge is 2.23. The Morgan fingerprint density at radius 3 is 2.75 bits per heavy atom. The van der Waals surface area contributed by atoms with Crippen molar-refractivity contribution in [1.29, 1.82) is 0 Å². The van der Waals surface area contributed by atoms with Crippen LogP contribution in [0.15, 0.2) is 24.4 Å². The van der Waals surface area contributed by atoms with Gasteiger partial charge in [-0.1, -0.05) is 0 Å². The number of ether oxygens (including phenoxy) is 1. The quantitative estimate of drug-likeness (QED) is 0.690. The summed E-state index contributed by atoms with van der Waals surface area (Å²) in [5.74, 6) is 0.211. The van der Waals surface area contributed by atoms with E-state index in [-0.39, 0.29) is 5.97 Å². The second kappa shape index (κ2) is 5.25. The Bertz CT molecular complexity index is 624. The van der Waals surface area contributed by atoms with Crippen molar-refractivity contribution in [2.45, 2.75) is 40.3 Å². The summed E-state index contributed by atoms with van der Waals surface area (Å²) in [6.45, 7) is 7.54. The number of hydrogen-bond acceptors (Lipinski definition) is 4. The molecule has 0 amide bonds. The Labute approximate surface area is 118 Å². The number of aromatic nitrogens is 2. The fraction of sp³-hybridized carbons (Fsp3) is 0.467. The summed E-state index contributed by atoms with van der Waals surface area (Å²) < 4.78 is 7.08. The van der Waals surface area contributed by atoms with Gasteiger partial charge in [0.15, 0.2) is 0 Å². The first-order valence-corrected chi connectivity index (χ1v) is 6.63. The highest BCUT2D eigenvalue weighted by Crippen LogP contribution is 2.24. The largest absolute Gasteiger partial charge is 0.426 e. The van der Waals surface area contributed by atoms with Crippen molar-refractivity contribution in [2.75, 3.05) is 0 Å². The van der Waals surface area contributed by atoms with Gasteiger partial charge in [0.2, 0.25) is 0 Å². The molecule has 5 nitrogen and oxygen atoms in total. The first kappa shape index (κ1) is 14.5. The Morgan fingerprint density at radius 1 is 1.45 bits per heavy atom. The minimum Gasteiger partial charge on any atom is -0.426 e. The van der Waals surface area contributed by atoms with Gasteiger partial charge in [0.05, 0.1) is 29.8 Å². The zero-order chi connectivity index (χ0) is 14.9. The number of carbonyl (C=O) groups excluding carboxylic acids is 1. The van der Waals surface area contributed by atoms with E-state index in [1.165, 1.54) is 0 Å².